The van der Waals surface area contributed by atoms with Gasteiger partial charge in [0.25, 0.3) is 0 Å². The van der Waals surface area contributed by atoms with Gasteiger partial charge in [0.05, 0.1) is 15.9 Å². The Morgan fingerprint density at radius 3 is 3.00 bits per heavy atom. The standard InChI is InChI=1S/C3H6O3/c1-2-4-6-5-3-1/h1-3H2/i1D,2D2. The molecule has 1 aliphatic rings. The van der Waals surface area contributed by atoms with Crippen molar-refractivity contribution in [3.8, 4) is 0 Å². The lowest BCUT2D eigenvalue weighted by atomic mass is 10.5. The van der Waals surface area contributed by atoms with E-state index in [1.54, 1.807) is 0 Å². The molecule has 0 aromatic heterocycles. The van der Waals surface area contributed by atoms with E-state index in [9.17, 15) is 0 Å². The molecular formula is C3H6O3. The van der Waals surface area contributed by atoms with E-state index in [0.717, 1.165) is 0 Å². The summed E-state index contributed by atoms with van der Waals surface area (Å²) in [6.07, 6.45) is -1.04. The second kappa shape index (κ2) is 2.12. The summed E-state index contributed by atoms with van der Waals surface area (Å²) < 4.78 is 20.7. The van der Waals surface area contributed by atoms with Crippen LogP contribution >= 0.6 is 0 Å². The molecule has 36 valence electrons. The van der Waals surface area contributed by atoms with Crippen LogP contribution in [-0.4, -0.2) is 13.2 Å². The SMILES string of the molecule is [2H]C1COOOC1([2H])[2H]. The van der Waals surface area contributed by atoms with Gasteiger partial charge in [0, 0.05) is 7.77 Å². The highest BCUT2D eigenvalue weighted by atomic mass is 17.5. The molecule has 0 aromatic rings. The number of hydrogen-bond donors (Lipinski definition) is 0. The Morgan fingerprint density at radius 1 is 1.50 bits per heavy atom. The van der Waals surface area contributed by atoms with Crippen molar-refractivity contribution >= 4 is 0 Å². The van der Waals surface area contributed by atoms with Gasteiger partial charge in [-0.2, -0.15) is 0 Å². The van der Waals surface area contributed by atoms with E-state index in [1.165, 1.54) is 0 Å². The molecule has 1 unspecified atom stereocenters. The van der Waals surface area contributed by atoms with Gasteiger partial charge in [-0.15, -0.1) is 0 Å². The molecule has 1 atom stereocenters. The van der Waals surface area contributed by atoms with Crippen molar-refractivity contribution in [1.82, 2.24) is 0 Å². The first-order chi connectivity index (χ1) is 4.13. The molecule has 0 saturated carbocycles. The van der Waals surface area contributed by atoms with Crippen LogP contribution in [0.1, 0.15) is 10.5 Å². The fourth-order valence-electron chi connectivity index (χ4n) is 0.174. The van der Waals surface area contributed by atoms with E-state index in [1.807, 2.05) is 0 Å². The van der Waals surface area contributed by atoms with Gasteiger partial charge in [-0.25, -0.2) is 9.78 Å². The fraction of sp³-hybridized carbons (Fsp3) is 1.00. The molecule has 0 spiro atoms. The van der Waals surface area contributed by atoms with Crippen LogP contribution < -0.4 is 0 Å². The molecule has 3 nitrogen and oxygen atoms in total. The maximum atomic E-state index is 6.97. The third-order valence-electron chi connectivity index (χ3n) is 0.365. The van der Waals surface area contributed by atoms with Crippen LogP contribution in [0.25, 0.3) is 0 Å². The largest absolute Gasteiger partial charge is 0.206 e. The summed E-state index contributed by atoms with van der Waals surface area (Å²) in [5, 5.41) is 3.86. The highest BCUT2D eigenvalue weighted by Gasteiger charge is 1.96. The summed E-state index contributed by atoms with van der Waals surface area (Å²) in [5.41, 5.74) is 0. The molecule has 0 N–H and O–H groups in total. The highest BCUT2D eigenvalue weighted by Crippen LogP contribution is 1.93. The van der Waals surface area contributed by atoms with Crippen molar-refractivity contribution in [3.05, 3.63) is 0 Å². The van der Waals surface area contributed by atoms with Crippen molar-refractivity contribution < 1.29 is 18.9 Å². The Balaban J connectivity index is 2.49. The zero-order valence-electron chi connectivity index (χ0n) is 6.01. The Labute approximate surface area is 39.9 Å². The molecule has 1 saturated heterocycles. The molecule has 0 aliphatic carbocycles. The third kappa shape index (κ3) is 0.931. The molecule has 1 rings (SSSR count). The maximum absolute atomic E-state index is 6.97. The van der Waals surface area contributed by atoms with Gasteiger partial charge in [0.2, 0.25) is 0 Å². The minimum atomic E-state index is -2.04. The zero-order chi connectivity index (χ0) is 6.91. The van der Waals surface area contributed by atoms with Crippen molar-refractivity contribution in [2.45, 2.75) is 6.40 Å². The van der Waals surface area contributed by atoms with Crippen molar-refractivity contribution in [2.75, 3.05) is 13.2 Å². The van der Waals surface area contributed by atoms with Gasteiger partial charge >= 0.3 is 0 Å². The first-order valence-corrected chi connectivity index (χ1v) is 1.52. The Morgan fingerprint density at radius 2 is 2.50 bits per heavy atom. The quantitative estimate of drug-likeness (QED) is 0.402. The van der Waals surface area contributed by atoms with Gasteiger partial charge in [-0.3, -0.25) is 0 Å². The molecule has 0 radical (unpaired) electrons. The molecule has 1 heterocycles. The third-order valence-corrected chi connectivity index (χ3v) is 0.365. The van der Waals surface area contributed by atoms with E-state index < -0.39 is 13.0 Å². The molecule has 3 heteroatoms. The maximum Gasteiger partial charge on any atom is 0.0877 e. The second-order valence-corrected chi connectivity index (χ2v) is 0.758. The number of rotatable bonds is 0. The zero-order valence-corrected chi connectivity index (χ0v) is 3.01. The summed E-state index contributed by atoms with van der Waals surface area (Å²) in [6, 6.07) is 0. The molecular weight excluding hydrogens is 84.0 g/mol. The predicted octanol–water partition coefficient (Wildman–Crippen LogP) is 0.270. The van der Waals surface area contributed by atoms with Crippen molar-refractivity contribution in [1.29, 1.82) is 0 Å². The van der Waals surface area contributed by atoms with Gasteiger partial charge in [-0.1, -0.05) is 5.04 Å². The normalized spacial score (nSPS) is 52.0. The lowest BCUT2D eigenvalue weighted by Gasteiger charge is -2.06. The van der Waals surface area contributed by atoms with Gasteiger partial charge in [-0.05, 0) is 0 Å². The lowest BCUT2D eigenvalue weighted by molar-refractivity contribution is -0.532. The summed E-state index contributed by atoms with van der Waals surface area (Å²) >= 11 is 0. The molecule has 6 heavy (non-hydrogen) atoms. The molecule has 0 aromatic carbocycles. The van der Waals surface area contributed by atoms with Crippen LogP contribution in [-0.2, 0) is 14.8 Å². The first kappa shape index (κ1) is 1.78. The van der Waals surface area contributed by atoms with Crippen LogP contribution in [0.3, 0.4) is 0 Å². The van der Waals surface area contributed by atoms with Crippen LogP contribution in [0.4, 0.5) is 0 Å². The Kier molecular flexibility index (Phi) is 0.629. The summed E-state index contributed by atoms with van der Waals surface area (Å²) in [7, 11) is 0. The highest BCUT2D eigenvalue weighted by molar-refractivity contribution is 4.28. The van der Waals surface area contributed by atoms with Gasteiger partial charge in [0.15, 0.2) is 0 Å². The predicted molar refractivity (Wildman–Crippen MR) is 17.6 cm³/mol. The van der Waals surface area contributed by atoms with Crippen molar-refractivity contribution in [3.63, 3.8) is 0 Å². The molecule has 1 aliphatic heterocycles. The number of hydrogen-bond acceptors (Lipinski definition) is 3. The minimum absolute atomic E-state index is 0.104. The summed E-state index contributed by atoms with van der Waals surface area (Å²) in [6.45, 7) is -2.15. The minimum Gasteiger partial charge on any atom is -0.206 e. The van der Waals surface area contributed by atoms with E-state index in [2.05, 4.69) is 14.8 Å². The van der Waals surface area contributed by atoms with Crippen LogP contribution in [0, 0.1) is 0 Å². The Bertz CT molecular complexity index is 106. The molecule has 0 bridgehead atoms. The average Bonchev–Trinajstić information content (AvgIpc) is 1.77. The Hall–Kier alpha value is -0.120. The van der Waals surface area contributed by atoms with Crippen LogP contribution in [0.2, 0.25) is 0 Å². The van der Waals surface area contributed by atoms with E-state index >= 15 is 0 Å². The molecule has 0 amide bonds. The lowest BCUT2D eigenvalue weighted by Crippen LogP contribution is -2.08. The van der Waals surface area contributed by atoms with E-state index in [4.69, 9.17) is 4.11 Å². The fourth-order valence-corrected chi connectivity index (χ4v) is 0.174. The summed E-state index contributed by atoms with van der Waals surface area (Å²) in [4.78, 5) is 8.17. The van der Waals surface area contributed by atoms with Gasteiger partial charge < -0.3 is 0 Å². The first-order valence-electron chi connectivity index (χ1n) is 3.10. The van der Waals surface area contributed by atoms with Crippen LogP contribution in [0.5, 0.6) is 0 Å². The molecule has 1 fully saturated rings. The smallest absolute Gasteiger partial charge is 0.0877 e. The topological polar surface area (TPSA) is 27.7 Å². The van der Waals surface area contributed by atoms with Crippen molar-refractivity contribution in [2.24, 2.45) is 0 Å². The van der Waals surface area contributed by atoms with Crippen LogP contribution in [0.15, 0.2) is 0 Å². The van der Waals surface area contributed by atoms with Gasteiger partial charge in [0.1, 0.15) is 0 Å². The van der Waals surface area contributed by atoms with E-state index in [0.29, 0.717) is 0 Å². The monoisotopic (exact) mass is 93.1 g/mol. The summed E-state index contributed by atoms with van der Waals surface area (Å²) in [5.74, 6) is 0. The van der Waals surface area contributed by atoms with E-state index in [-0.39, 0.29) is 6.61 Å². The average molecular weight is 93.1 g/mol. The second-order valence-electron chi connectivity index (χ2n) is 0.758.